The molecule has 0 aromatic carbocycles. The molecule has 16 heavy (non-hydrogen) atoms. The molecule has 94 valence electrons. The first-order valence-electron chi connectivity index (χ1n) is 6.96. The van der Waals surface area contributed by atoms with Crippen molar-refractivity contribution in [2.24, 2.45) is 0 Å². The molecule has 2 rings (SSSR count). The number of rotatable bonds is 3. The fourth-order valence-corrected chi connectivity index (χ4v) is 3.26. The molecule has 2 aliphatic heterocycles. The van der Waals surface area contributed by atoms with Gasteiger partial charge in [0.1, 0.15) is 0 Å². The molecule has 1 unspecified atom stereocenters. The molecule has 0 bridgehead atoms. The minimum absolute atomic E-state index is 0.798. The van der Waals surface area contributed by atoms with Crippen LogP contribution in [0.4, 0.5) is 0 Å². The van der Waals surface area contributed by atoms with E-state index in [9.17, 15) is 0 Å². The van der Waals surface area contributed by atoms with Gasteiger partial charge in [-0.3, -0.25) is 4.90 Å². The lowest BCUT2D eigenvalue weighted by atomic mass is 9.98. The summed E-state index contributed by atoms with van der Waals surface area (Å²) in [6, 6.07) is 1.64. The van der Waals surface area contributed by atoms with Gasteiger partial charge in [-0.15, -0.1) is 0 Å². The first-order valence-corrected chi connectivity index (χ1v) is 6.96. The summed E-state index contributed by atoms with van der Waals surface area (Å²) >= 11 is 0. The molecule has 3 nitrogen and oxygen atoms in total. The molecule has 0 radical (unpaired) electrons. The molecule has 0 saturated carbocycles. The van der Waals surface area contributed by atoms with Crippen LogP contribution in [0, 0.1) is 0 Å². The van der Waals surface area contributed by atoms with Crippen molar-refractivity contribution >= 4 is 0 Å². The van der Waals surface area contributed by atoms with E-state index < -0.39 is 0 Å². The number of likely N-dealkylation sites (tertiary alicyclic amines) is 1. The van der Waals surface area contributed by atoms with Gasteiger partial charge in [0, 0.05) is 18.6 Å². The molecular formula is C13H27N3. The van der Waals surface area contributed by atoms with E-state index in [-0.39, 0.29) is 0 Å². The molecule has 0 aliphatic carbocycles. The van der Waals surface area contributed by atoms with Crippen molar-refractivity contribution in [3.8, 4) is 0 Å². The monoisotopic (exact) mass is 225 g/mol. The fourth-order valence-electron chi connectivity index (χ4n) is 3.26. The van der Waals surface area contributed by atoms with Crippen LogP contribution in [0.1, 0.15) is 32.6 Å². The van der Waals surface area contributed by atoms with Gasteiger partial charge in [-0.1, -0.05) is 6.92 Å². The lowest BCUT2D eigenvalue weighted by molar-refractivity contribution is 0.0742. The molecule has 1 atom stereocenters. The Morgan fingerprint density at radius 3 is 2.50 bits per heavy atom. The molecular weight excluding hydrogens is 198 g/mol. The van der Waals surface area contributed by atoms with E-state index in [2.05, 4.69) is 29.1 Å². The Morgan fingerprint density at radius 1 is 1.19 bits per heavy atom. The molecule has 0 amide bonds. The number of hydrogen-bond acceptors (Lipinski definition) is 3. The van der Waals surface area contributed by atoms with Crippen molar-refractivity contribution in [1.82, 2.24) is 15.1 Å². The minimum atomic E-state index is 0.798. The van der Waals surface area contributed by atoms with E-state index in [0.717, 1.165) is 12.1 Å². The standard InChI is InChI=1S/C13H27N3/c1-3-16(13-5-4-8-14-11-13)12-6-9-15(2)10-7-12/h12-14H,3-11H2,1-2H3. The smallest absolute Gasteiger partial charge is 0.0223 e. The predicted octanol–water partition coefficient (Wildman–Crippen LogP) is 1.15. The largest absolute Gasteiger partial charge is 0.315 e. The first kappa shape index (κ1) is 12.3. The Kier molecular flexibility index (Phi) is 4.62. The normalized spacial score (nSPS) is 29.8. The van der Waals surface area contributed by atoms with Crippen molar-refractivity contribution < 1.29 is 0 Å². The van der Waals surface area contributed by atoms with Gasteiger partial charge in [0.05, 0.1) is 0 Å². The maximum absolute atomic E-state index is 3.55. The molecule has 0 aromatic rings. The van der Waals surface area contributed by atoms with Gasteiger partial charge < -0.3 is 10.2 Å². The van der Waals surface area contributed by atoms with Crippen molar-refractivity contribution in [2.45, 2.75) is 44.7 Å². The van der Waals surface area contributed by atoms with Gasteiger partial charge in [-0.2, -0.15) is 0 Å². The van der Waals surface area contributed by atoms with Crippen LogP contribution in [-0.2, 0) is 0 Å². The average molecular weight is 225 g/mol. The molecule has 0 aromatic heterocycles. The van der Waals surface area contributed by atoms with Crippen LogP contribution in [0.2, 0.25) is 0 Å². The second-order valence-corrected chi connectivity index (χ2v) is 5.37. The summed E-state index contributed by atoms with van der Waals surface area (Å²) in [7, 11) is 2.24. The lowest BCUT2D eigenvalue weighted by Gasteiger charge is -2.42. The molecule has 2 fully saturated rings. The van der Waals surface area contributed by atoms with Gasteiger partial charge >= 0.3 is 0 Å². The summed E-state index contributed by atoms with van der Waals surface area (Å²) in [6.07, 6.45) is 5.47. The topological polar surface area (TPSA) is 18.5 Å². The van der Waals surface area contributed by atoms with E-state index in [0.29, 0.717) is 0 Å². The van der Waals surface area contributed by atoms with Gasteiger partial charge in [0.25, 0.3) is 0 Å². The maximum Gasteiger partial charge on any atom is 0.0223 e. The van der Waals surface area contributed by atoms with Crippen LogP contribution in [0.5, 0.6) is 0 Å². The van der Waals surface area contributed by atoms with Crippen molar-refractivity contribution in [3.05, 3.63) is 0 Å². The third-order valence-corrected chi connectivity index (χ3v) is 4.26. The summed E-state index contributed by atoms with van der Waals surface area (Å²) in [5, 5.41) is 3.55. The first-order chi connectivity index (χ1) is 7.81. The van der Waals surface area contributed by atoms with Crippen LogP contribution in [0.15, 0.2) is 0 Å². The van der Waals surface area contributed by atoms with E-state index in [1.54, 1.807) is 0 Å². The van der Waals surface area contributed by atoms with Crippen molar-refractivity contribution in [1.29, 1.82) is 0 Å². The number of hydrogen-bond donors (Lipinski definition) is 1. The Balaban J connectivity index is 1.88. The predicted molar refractivity (Wildman–Crippen MR) is 68.8 cm³/mol. The van der Waals surface area contributed by atoms with E-state index in [1.165, 1.54) is 58.4 Å². The Morgan fingerprint density at radius 2 is 1.94 bits per heavy atom. The second kappa shape index (κ2) is 5.99. The van der Waals surface area contributed by atoms with Crippen LogP contribution < -0.4 is 5.32 Å². The van der Waals surface area contributed by atoms with Gasteiger partial charge in [-0.25, -0.2) is 0 Å². The van der Waals surface area contributed by atoms with E-state index in [1.807, 2.05) is 0 Å². The van der Waals surface area contributed by atoms with Crippen LogP contribution in [0.3, 0.4) is 0 Å². The second-order valence-electron chi connectivity index (χ2n) is 5.37. The minimum Gasteiger partial charge on any atom is -0.315 e. The highest BCUT2D eigenvalue weighted by Crippen LogP contribution is 2.20. The lowest BCUT2D eigenvalue weighted by Crippen LogP contribution is -2.53. The van der Waals surface area contributed by atoms with Gasteiger partial charge in [0.15, 0.2) is 0 Å². The molecule has 1 N–H and O–H groups in total. The molecule has 2 aliphatic rings. The number of likely N-dealkylation sites (N-methyl/N-ethyl adjacent to an activating group) is 1. The Labute approximate surface area is 100 Å². The van der Waals surface area contributed by atoms with Crippen molar-refractivity contribution in [2.75, 3.05) is 39.8 Å². The average Bonchev–Trinajstić information content (AvgIpc) is 2.34. The molecule has 3 heteroatoms. The summed E-state index contributed by atoms with van der Waals surface area (Å²) < 4.78 is 0. The maximum atomic E-state index is 3.55. The highest BCUT2D eigenvalue weighted by atomic mass is 15.2. The molecule has 2 saturated heterocycles. The third-order valence-electron chi connectivity index (χ3n) is 4.26. The van der Waals surface area contributed by atoms with Crippen molar-refractivity contribution in [3.63, 3.8) is 0 Å². The van der Waals surface area contributed by atoms with Gasteiger partial charge in [0.2, 0.25) is 0 Å². The van der Waals surface area contributed by atoms with E-state index >= 15 is 0 Å². The highest BCUT2D eigenvalue weighted by molar-refractivity contribution is 4.85. The zero-order valence-corrected chi connectivity index (χ0v) is 10.9. The Hall–Kier alpha value is -0.120. The van der Waals surface area contributed by atoms with Gasteiger partial charge in [-0.05, 0) is 58.9 Å². The molecule has 0 spiro atoms. The zero-order valence-electron chi connectivity index (χ0n) is 10.9. The quantitative estimate of drug-likeness (QED) is 0.777. The Bertz CT molecular complexity index is 193. The number of nitrogens with one attached hydrogen (secondary N) is 1. The number of nitrogens with zero attached hydrogens (tertiary/aromatic N) is 2. The zero-order chi connectivity index (χ0) is 11.4. The van der Waals surface area contributed by atoms with Crippen LogP contribution in [-0.4, -0.2) is 61.7 Å². The molecule has 2 heterocycles. The summed E-state index contributed by atoms with van der Waals surface area (Å²) in [6.45, 7) is 8.54. The third kappa shape index (κ3) is 2.96. The fraction of sp³-hybridized carbons (Fsp3) is 1.00. The van der Waals surface area contributed by atoms with E-state index in [4.69, 9.17) is 0 Å². The summed E-state index contributed by atoms with van der Waals surface area (Å²) in [5.74, 6) is 0. The van der Waals surface area contributed by atoms with Crippen LogP contribution >= 0.6 is 0 Å². The SMILES string of the molecule is CCN(C1CCN(C)CC1)C1CCCNC1. The van der Waals surface area contributed by atoms with Crippen LogP contribution in [0.25, 0.3) is 0 Å². The summed E-state index contributed by atoms with van der Waals surface area (Å²) in [4.78, 5) is 5.22. The highest BCUT2D eigenvalue weighted by Gasteiger charge is 2.28. The summed E-state index contributed by atoms with van der Waals surface area (Å²) in [5.41, 5.74) is 0. The number of piperidine rings is 2.